The van der Waals surface area contributed by atoms with Crippen LogP contribution in [0.3, 0.4) is 0 Å². The number of nitrogens with one attached hydrogen (secondary N) is 1. The minimum atomic E-state index is -0.445. The van der Waals surface area contributed by atoms with Crippen LogP contribution in [-0.4, -0.2) is 11.0 Å². The maximum atomic E-state index is 12.8. The molecule has 2 rings (SSSR count). The van der Waals surface area contributed by atoms with Crippen LogP contribution in [0, 0.1) is 18.3 Å². The highest BCUT2D eigenvalue weighted by Gasteiger charge is 2.26. The van der Waals surface area contributed by atoms with Crippen molar-refractivity contribution < 1.29 is 9.90 Å². The molecule has 0 aliphatic rings. The summed E-state index contributed by atoms with van der Waals surface area (Å²) in [6, 6.07) is 10.6. The van der Waals surface area contributed by atoms with Crippen molar-refractivity contribution >= 4 is 27.5 Å². The molecule has 124 valence electrons. The molecule has 0 spiro atoms. The summed E-state index contributed by atoms with van der Waals surface area (Å²) in [6.45, 7) is 7.67. The molecule has 0 saturated heterocycles. The Hall–Kier alpha value is -2.32. The molecule has 0 fully saturated rings. The number of phenols is 1. The third-order valence-corrected chi connectivity index (χ3v) is 4.65. The van der Waals surface area contributed by atoms with Gasteiger partial charge in [0.15, 0.2) is 0 Å². The lowest BCUT2D eigenvalue weighted by molar-refractivity contribution is 0.102. The zero-order valence-electron chi connectivity index (χ0n) is 14.1. The van der Waals surface area contributed by atoms with Gasteiger partial charge < -0.3 is 10.4 Å². The molecule has 0 bridgehead atoms. The number of carbonyl (C=O) groups is 1. The second-order valence-corrected chi connectivity index (χ2v) is 7.47. The molecular weight excluding hydrogens is 368 g/mol. The van der Waals surface area contributed by atoms with Crippen molar-refractivity contribution in [1.29, 1.82) is 5.26 Å². The fourth-order valence-corrected chi connectivity index (χ4v) is 2.89. The van der Waals surface area contributed by atoms with Crippen LogP contribution in [0.4, 0.5) is 5.69 Å². The number of benzene rings is 2. The van der Waals surface area contributed by atoms with Crippen molar-refractivity contribution in [2.75, 3.05) is 5.32 Å². The number of hydrogen-bond acceptors (Lipinski definition) is 3. The summed E-state index contributed by atoms with van der Waals surface area (Å²) >= 11 is 3.46. The van der Waals surface area contributed by atoms with Gasteiger partial charge in [0.05, 0.1) is 16.8 Å². The summed E-state index contributed by atoms with van der Waals surface area (Å²) < 4.78 is 0.754. The smallest absolute Gasteiger partial charge is 0.259 e. The van der Waals surface area contributed by atoms with Gasteiger partial charge in [-0.2, -0.15) is 5.26 Å². The molecule has 0 unspecified atom stereocenters. The SMILES string of the molecule is Cc1c(Br)cc(C(C)(C)C)c(O)c1C(=O)Nc1ccccc1C#N. The van der Waals surface area contributed by atoms with E-state index in [2.05, 4.69) is 21.2 Å². The third kappa shape index (κ3) is 3.44. The molecule has 4 nitrogen and oxygen atoms in total. The molecule has 0 aromatic heterocycles. The van der Waals surface area contributed by atoms with Crippen LogP contribution < -0.4 is 5.32 Å². The average molecular weight is 387 g/mol. The number of rotatable bonds is 2. The summed E-state index contributed by atoms with van der Waals surface area (Å²) in [5.41, 5.74) is 2.00. The minimum Gasteiger partial charge on any atom is -0.507 e. The Morgan fingerprint density at radius 3 is 2.50 bits per heavy atom. The van der Waals surface area contributed by atoms with Crippen LogP contribution in [0.5, 0.6) is 5.75 Å². The Labute approximate surface area is 150 Å². The molecule has 0 radical (unpaired) electrons. The lowest BCUT2D eigenvalue weighted by atomic mass is 9.84. The van der Waals surface area contributed by atoms with E-state index in [1.165, 1.54) is 0 Å². The van der Waals surface area contributed by atoms with Gasteiger partial charge in [0, 0.05) is 10.0 Å². The van der Waals surface area contributed by atoms with Crippen molar-refractivity contribution in [3.63, 3.8) is 0 Å². The minimum absolute atomic E-state index is 0.0323. The van der Waals surface area contributed by atoms with Crippen LogP contribution in [0.1, 0.15) is 47.8 Å². The number of anilines is 1. The van der Waals surface area contributed by atoms with E-state index in [1.807, 2.05) is 32.9 Å². The second kappa shape index (κ2) is 6.66. The lowest BCUT2D eigenvalue weighted by Gasteiger charge is -2.23. The predicted molar refractivity (Wildman–Crippen MR) is 98.4 cm³/mol. The molecule has 0 saturated carbocycles. The number of phenolic OH excluding ortho intramolecular Hbond substituents is 1. The fourth-order valence-electron chi connectivity index (χ4n) is 2.46. The predicted octanol–water partition coefficient (Wildman–Crippen LogP) is 4.88. The van der Waals surface area contributed by atoms with E-state index in [9.17, 15) is 9.90 Å². The first kappa shape index (κ1) is 18.0. The molecule has 0 atom stereocenters. The van der Waals surface area contributed by atoms with Gasteiger partial charge in [0.1, 0.15) is 11.8 Å². The molecule has 24 heavy (non-hydrogen) atoms. The average Bonchev–Trinajstić information content (AvgIpc) is 2.50. The monoisotopic (exact) mass is 386 g/mol. The van der Waals surface area contributed by atoms with Crippen LogP contribution in [0.2, 0.25) is 0 Å². The number of nitrogens with zero attached hydrogens (tertiary/aromatic N) is 1. The van der Waals surface area contributed by atoms with Crippen LogP contribution >= 0.6 is 15.9 Å². The van der Waals surface area contributed by atoms with Crippen LogP contribution in [0.15, 0.2) is 34.8 Å². The van der Waals surface area contributed by atoms with E-state index >= 15 is 0 Å². The summed E-state index contributed by atoms with van der Waals surface area (Å²) in [7, 11) is 0. The highest BCUT2D eigenvalue weighted by atomic mass is 79.9. The Bertz CT molecular complexity index is 846. The van der Waals surface area contributed by atoms with Gasteiger partial charge >= 0.3 is 0 Å². The molecule has 2 aromatic carbocycles. The standard InChI is InChI=1S/C19H19BrN2O2/c1-11-14(20)9-13(19(2,3)4)17(23)16(11)18(24)22-15-8-6-5-7-12(15)10-21/h5-9,23H,1-4H3,(H,22,24). The summed E-state index contributed by atoms with van der Waals surface area (Å²) in [5, 5.41) is 22.5. The summed E-state index contributed by atoms with van der Waals surface area (Å²) in [4.78, 5) is 12.8. The number of hydrogen-bond donors (Lipinski definition) is 2. The molecule has 0 aliphatic heterocycles. The molecule has 2 aromatic rings. The number of aromatic hydroxyl groups is 1. The summed E-state index contributed by atoms with van der Waals surface area (Å²) in [5.74, 6) is -0.477. The van der Waals surface area contributed by atoms with E-state index in [1.54, 1.807) is 31.2 Å². The van der Waals surface area contributed by atoms with Gasteiger partial charge in [-0.15, -0.1) is 0 Å². The number of amides is 1. The second-order valence-electron chi connectivity index (χ2n) is 6.62. The first-order chi connectivity index (χ1) is 11.2. The molecule has 5 heteroatoms. The van der Waals surface area contributed by atoms with Crippen molar-refractivity contribution in [2.24, 2.45) is 0 Å². The number of nitriles is 1. The van der Waals surface area contributed by atoms with E-state index in [0.29, 0.717) is 22.4 Å². The summed E-state index contributed by atoms with van der Waals surface area (Å²) in [6.07, 6.45) is 0. The topological polar surface area (TPSA) is 73.1 Å². The van der Waals surface area contributed by atoms with Gasteiger partial charge in [-0.25, -0.2) is 0 Å². The lowest BCUT2D eigenvalue weighted by Crippen LogP contribution is -2.18. The van der Waals surface area contributed by atoms with E-state index in [-0.39, 0.29) is 16.7 Å². The third-order valence-electron chi connectivity index (χ3n) is 3.83. The van der Waals surface area contributed by atoms with Crippen molar-refractivity contribution in [1.82, 2.24) is 0 Å². The van der Waals surface area contributed by atoms with Crippen LogP contribution in [-0.2, 0) is 5.41 Å². The van der Waals surface area contributed by atoms with Crippen molar-refractivity contribution in [3.05, 3.63) is 57.1 Å². The Morgan fingerprint density at radius 2 is 1.92 bits per heavy atom. The van der Waals surface area contributed by atoms with Gasteiger partial charge in [-0.05, 0) is 36.1 Å². The van der Waals surface area contributed by atoms with E-state index in [4.69, 9.17) is 5.26 Å². The van der Waals surface area contributed by atoms with E-state index < -0.39 is 5.91 Å². The highest BCUT2D eigenvalue weighted by Crippen LogP contribution is 2.38. The molecular formula is C19H19BrN2O2. The molecule has 0 aliphatic carbocycles. The zero-order valence-corrected chi connectivity index (χ0v) is 15.7. The van der Waals surface area contributed by atoms with Gasteiger partial charge in [-0.1, -0.05) is 48.8 Å². The quantitative estimate of drug-likeness (QED) is 0.771. The van der Waals surface area contributed by atoms with Gasteiger partial charge in [-0.3, -0.25) is 4.79 Å². The Morgan fingerprint density at radius 1 is 1.29 bits per heavy atom. The van der Waals surface area contributed by atoms with Crippen molar-refractivity contribution in [2.45, 2.75) is 33.1 Å². The number of para-hydroxylation sites is 1. The Balaban J connectivity index is 2.54. The molecule has 1 amide bonds. The number of halogens is 1. The maximum Gasteiger partial charge on any atom is 0.259 e. The molecule has 0 heterocycles. The Kier molecular flexibility index (Phi) is 5.00. The maximum absolute atomic E-state index is 12.8. The van der Waals surface area contributed by atoms with E-state index in [0.717, 1.165) is 4.47 Å². The zero-order chi connectivity index (χ0) is 18.1. The van der Waals surface area contributed by atoms with Gasteiger partial charge in [0.25, 0.3) is 5.91 Å². The normalized spacial score (nSPS) is 11.0. The molecule has 2 N–H and O–H groups in total. The first-order valence-electron chi connectivity index (χ1n) is 7.50. The first-order valence-corrected chi connectivity index (χ1v) is 8.29. The largest absolute Gasteiger partial charge is 0.507 e. The fraction of sp³-hybridized carbons (Fsp3) is 0.263. The van der Waals surface area contributed by atoms with Gasteiger partial charge in [0.2, 0.25) is 0 Å². The number of carbonyl (C=O) groups excluding carboxylic acids is 1. The van der Waals surface area contributed by atoms with Crippen LogP contribution in [0.25, 0.3) is 0 Å². The van der Waals surface area contributed by atoms with Crippen molar-refractivity contribution in [3.8, 4) is 11.8 Å². The highest BCUT2D eigenvalue weighted by molar-refractivity contribution is 9.10.